The molecule has 1 aliphatic rings. The monoisotopic (exact) mass is 442 g/mol. The average Bonchev–Trinajstić information content (AvgIpc) is 3.47. The normalized spacial score (nSPS) is 14.2. The Morgan fingerprint density at radius 2 is 2.12 bits per heavy atom. The summed E-state index contributed by atoms with van der Waals surface area (Å²) in [6.45, 7) is -3.13. The fraction of sp³-hybridized carbons (Fsp3) is 0.318. The molecule has 4 rings (SSSR count). The van der Waals surface area contributed by atoms with Gasteiger partial charge in [0.05, 0.1) is 37.6 Å². The second-order valence-corrected chi connectivity index (χ2v) is 7.39. The number of hydrogen-bond donors (Lipinski definition) is 2. The Balaban J connectivity index is 1.78. The minimum atomic E-state index is -3.13. The van der Waals surface area contributed by atoms with E-state index < -0.39 is 18.6 Å². The van der Waals surface area contributed by atoms with E-state index in [1.54, 1.807) is 28.8 Å². The van der Waals surface area contributed by atoms with Crippen LogP contribution < -0.4 is 14.8 Å². The largest absolute Gasteiger partial charge is 0.496 e. The van der Waals surface area contributed by atoms with Crippen LogP contribution in [0.5, 0.6) is 11.5 Å². The van der Waals surface area contributed by atoms with Gasteiger partial charge in [0.15, 0.2) is 0 Å². The number of nitrogens with zero attached hydrogens (tertiary/aromatic N) is 3. The number of aliphatic hydroxyl groups is 1. The number of methoxy groups -OCH3 is 1. The highest BCUT2D eigenvalue weighted by Gasteiger charge is 2.29. The molecule has 0 saturated heterocycles. The van der Waals surface area contributed by atoms with E-state index in [1.165, 1.54) is 19.4 Å². The smallest absolute Gasteiger partial charge is 0.387 e. The Morgan fingerprint density at radius 1 is 1.38 bits per heavy atom. The van der Waals surface area contributed by atoms with Gasteiger partial charge < -0.3 is 19.9 Å². The number of nitriles is 1. The zero-order valence-corrected chi connectivity index (χ0v) is 17.1. The molecule has 0 radical (unpaired) electrons. The molecule has 1 saturated carbocycles. The van der Waals surface area contributed by atoms with Gasteiger partial charge in [-0.15, -0.1) is 0 Å². The lowest BCUT2D eigenvalue weighted by Gasteiger charge is -2.16. The molecule has 10 heteroatoms. The second-order valence-electron chi connectivity index (χ2n) is 7.39. The molecule has 1 atom stereocenters. The minimum Gasteiger partial charge on any atom is -0.496 e. The lowest BCUT2D eigenvalue weighted by atomic mass is 10.1. The van der Waals surface area contributed by atoms with Crippen LogP contribution in [0.1, 0.15) is 41.3 Å². The molecule has 1 aliphatic carbocycles. The van der Waals surface area contributed by atoms with E-state index in [-0.39, 0.29) is 29.5 Å². The highest BCUT2D eigenvalue weighted by Crippen LogP contribution is 2.37. The van der Waals surface area contributed by atoms with Gasteiger partial charge in [0.2, 0.25) is 0 Å². The lowest BCUT2D eigenvalue weighted by Crippen LogP contribution is -2.26. The number of aliphatic hydroxyl groups excluding tert-OH is 1. The van der Waals surface area contributed by atoms with E-state index in [4.69, 9.17) is 10.00 Å². The molecule has 2 N–H and O–H groups in total. The number of nitrogens with one attached hydrogen (secondary N) is 1. The number of pyridine rings is 1. The fourth-order valence-electron chi connectivity index (χ4n) is 3.42. The maximum Gasteiger partial charge on any atom is 0.387 e. The number of ether oxygens (including phenoxy) is 2. The van der Waals surface area contributed by atoms with Crippen molar-refractivity contribution in [3.8, 4) is 28.8 Å². The molecule has 2 aromatic heterocycles. The summed E-state index contributed by atoms with van der Waals surface area (Å²) in [4.78, 5) is 17.0. The number of carbonyl (C=O) groups is 1. The number of amides is 1. The van der Waals surface area contributed by atoms with Crippen molar-refractivity contribution in [2.75, 3.05) is 7.11 Å². The quantitative estimate of drug-likeness (QED) is 0.553. The summed E-state index contributed by atoms with van der Waals surface area (Å²) in [6.07, 6.45) is 3.86. The molecule has 1 fully saturated rings. The number of benzene rings is 1. The van der Waals surface area contributed by atoms with E-state index >= 15 is 0 Å². The summed E-state index contributed by atoms with van der Waals surface area (Å²) >= 11 is 0. The first-order valence-electron chi connectivity index (χ1n) is 9.91. The van der Waals surface area contributed by atoms with Crippen LogP contribution in [-0.4, -0.2) is 40.2 Å². The van der Waals surface area contributed by atoms with Crippen LogP contribution in [0.2, 0.25) is 0 Å². The Hall–Kier alpha value is -3.71. The highest BCUT2D eigenvalue weighted by atomic mass is 19.3. The van der Waals surface area contributed by atoms with Crippen LogP contribution in [0.25, 0.3) is 16.9 Å². The van der Waals surface area contributed by atoms with Crippen LogP contribution in [0.4, 0.5) is 8.78 Å². The summed E-state index contributed by atoms with van der Waals surface area (Å²) in [5, 5.41) is 21.6. The van der Waals surface area contributed by atoms with Gasteiger partial charge in [0.25, 0.3) is 5.91 Å². The van der Waals surface area contributed by atoms with Crippen LogP contribution >= 0.6 is 0 Å². The van der Waals surface area contributed by atoms with Gasteiger partial charge in [-0.2, -0.15) is 14.0 Å². The van der Waals surface area contributed by atoms with Crippen LogP contribution in [0.3, 0.4) is 0 Å². The summed E-state index contributed by atoms with van der Waals surface area (Å²) in [5.41, 5.74) is 1.90. The zero-order valence-electron chi connectivity index (χ0n) is 17.1. The van der Waals surface area contributed by atoms with Gasteiger partial charge in [0.1, 0.15) is 22.7 Å². The van der Waals surface area contributed by atoms with Gasteiger partial charge in [-0.05, 0) is 42.7 Å². The van der Waals surface area contributed by atoms with Crippen molar-refractivity contribution in [3.63, 3.8) is 0 Å². The highest BCUT2D eigenvalue weighted by molar-refractivity contribution is 6.01. The minimum absolute atomic E-state index is 0.0237. The fourth-order valence-corrected chi connectivity index (χ4v) is 3.42. The van der Waals surface area contributed by atoms with Gasteiger partial charge in [-0.3, -0.25) is 9.20 Å². The van der Waals surface area contributed by atoms with Gasteiger partial charge in [-0.1, -0.05) is 0 Å². The summed E-state index contributed by atoms with van der Waals surface area (Å²) in [5.74, 6) is -0.753. The Bertz CT molecular complexity index is 1200. The van der Waals surface area contributed by atoms with E-state index in [0.717, 1.165) is 12.8 Å². The summed E-state index contributed by atoms with van der Waals surface area (Å²) in [7, 11) is 1.34. The van der Waals surface area contributed by atoms with Crippen molar-refractivity contribution in [2.24, 2.45) is 0 Å². The number of halogens is 2. The Kier molecular flexibility index (Phi) is 5.92. The first kappa shape index (κ1) is 21.5. The van der Waals surface area contributed by atoms with E-state index in [9.17, 15) is 18.7 Å². The number of carbonyl (C=O) groups excluding carboxylic acids is 1. The molecule has 0 aliphatic heterocycles. The first-order chi connectivity index (χ1) is 15.4. The number of aromatic nitrogens is 2. The SMILES string of the molecule is COc1cc(-c2cnc3cc(C(O)CC#N)ccn23)cc(OC(F)F)c1C(=O)NC1CC1. The lowest BCUT2D eigenvalue weighted by molar-refractivity contribution is -0.0502. The van der Waals surface area contributed by atoms with Crippen molar-refractivity contribution in [1.29, 1.82) is 5.26 Å². The van der Waals surface area contributed by atoms with Crippen molar-refractivity contribution in [2.45, 2.75) is 38.0 Å². The van der Waals surface area contributed by atoms with Crippen molar-refractivity contribution in [1.82, 2.24) is 14.7 Å². The maximum absolute atomic E-state index is 13.1. The predicted molar refractivity (Wildman–Crippen MR) is 109 cm³/mol. The molecule has 32 heavy (non-hydrogen) atoms. The molecule has 3 aromatic rings. The third-order valence-electron chi connectivity index (χ3n) is 5.14. The van der Waals surface area contributed by atoms with Crippen molar-refractivity contribution >= 4 is 11.6 Å². The Morgan fingerprint density at radius 3 is 2.78 bits per heavy atom. The van der Waals surface area contributed by atoms with Gasteiger partial charge >= 0.3 is 6.61 Å². The summed E-state index contributed by atoms with van der Waals surface area (Å²) in [6, 6.07) is 8.12. The topological polar surface area (TPSA) is 109 Å². The van der Waals surface area contributed by atoms with E-state index in [2.05, 4.69) is 15.0 Å². The number of alkyl halides is 2. The van der Waals surface area contributed by atoms with Crippen LogP contribution in [-0.2, 0) is 0 Å². The molecule has 0 spiro atoms. The zero-order chi connectivity index (χ0) is 22.8. The molecule has 166 valence electrons. The molecule has 1 aromatic carbocycles. The van der Waals surface area contributed by atoms with Crippen LogP contribution in [0.15, 0.2) is 36.7 Å². The summed E-state index contributed by atoms with van der Waals surface area (Å²) < 4.78 is 38.0. The predicted octanol–water partition coefficient (Wildman–Crippen LogP) is 3.45. The van der Waals surface area contributed by atoms with Gasteiger partial charge in [-0.25, -0.2) is 4.98 Å². The molecule has 0 bridgehead atoms. The Labute approximate surface area is 182 Å². The molecule has 1 unspecified atom stereocenters. The van der Waals surface area contributed by atoms with Gasteiger partial charge in [0, 0.05) is 17.8 Å². The van der Waals surface area contributed by atoms with Crippen molar-refractivity contribution in [3.05, 3.63) is 47.8 Å². The standard InChI is InChI=1S/C22H20F2N4O4/c1-31-17-8-13(9-18(32-22(23)24)20(17)21(30)27-14-2-3-14)15-11-26-19-10-12(5-7-28(15)19)16(29)4-6-25/h5,7-11,14,16,22,29H,2-4H2,1H3,(H,27,30). The van der Waals surface area contributed by atoms with E-state index in [1.807, 2.05) is 6.07 Å². The van der Waals surface area contributed by atoms with Crippen molar-refractivity contribution < 1.29 is 28.2 Å². The number of fused-ring (bicyclic) bond motifs is 1. The third-order valence-corrected chi connectivity index (χ3v) is 5.14. The average molecular weight is 442 g/mol. The second kappa shape index (κ2) is 8.80. The number of rotatable bonds is 8. The molecular weight excluding hydrogens is 422 g/mol. The first-order valence-corrected chi connectivity index (χ1v) is 9.91. The van der Waals surface area contributed by atoms with Crippen LogP contribution in [0, 0.1) is 11.3 Å². The third kappa shape index (κ3) is 4.33. The van der Waals surface area contributed by atoms with E-state index in [0.29, 0.717) is 22.5 Å². The molecule has 1 amide bonds. The number of imidazole rings is 1. The molecule has 8 nitrogen and oxygen atoms in total. The maximum atomic E-state index is 13.1. The molecular formula is C22H20F2N4O4. The number of hydrogen-bond acceptors (Lipinski definition) is 6. The molecule has 2 heterocycles.